The van der Waals surface area contributed by atoms with E-state index in [4.69, 9.17) is 9.47 Å². The second-order valence-electron chi connectivity index (χ2n) is 7.27. The van der Waals surface area contributed by atoms with Crippen LogP contribution in [0.4, 0.5) is 4.79 Å². The van der Waals surface area contributed by atoms with Crippen LogP contribution in [-0.2, 0) is 32.2 Å². The molecule has 0 aliphatic carbocycles. The van der Waals surface area contributed by atoms with Gasteiger partial charge in [0, 0.05) is 13.6 Å². The van der Waals surface area contributed by atoms with Crippen molar-refractivity contribution >= 4 is 18.0 Å². The fraction of sp³-hybridized carbons (Fsp3) is 0.348. The van der Waals surface area contributed by atoms with E-state index in [2.05, 4.69) is 5.32 Å². The summed E-state index contributed by atoms with van der Waals surface area (Å²) in [6, 6.07) is 17.8. The molecule has 0 aromatic heterocycles. The van der Waals surface area contributed by atoms with E-state index in [0.717, 1.165) is 11.1 Å². The summed E-state index contributed by atoms with van der Waals surface area (Å²) in [7, 11) is 1.64. The molecular formula is C23H28N2O5. The predicted molar refractivity (Wildman–Crippen MR) is 112 cm³/mol. The van der Waals surface area contributed by atoms with E-state index in [-0.39, 0.29) is 18.4 Å². The van der Waals surface area contributed by atoms with Gasteiger partial charge in [-0.25, -0.2) is 9.59 Å². The van der Waals surface area contributed by atoms with E-state index in [1.54, 1.807) is 20.9 Å². The Balaban J connectivity index is 1.81. The zero-order chi connectivity index (χ0) is 21.9. The molecule has 1 N–H and O–H groups in total. The molecule has 7 heteroatoms. The Hall–Kier alpha value is -3.35. The van der Waals surface area contributed by atoms with Gasteiger partial charge >= 0.3 is 12.1 Å². The molecule has 0 fully saturated rings. The Bertz CT molecular complexity index is 824. The van der Waals surface area contributed by atoms with Gasteiger partial charge in [-0.2, -0.15) is 0 Å². The number of likely N-dealkylation sites (N-methyl/N-ethyl adjacent to an activating group) is 1. The van der Waals surface area contributed by atoms with Crippen molar-refractivity contribution in [3.63, 3.8) is 0 Å². The molecule has 1 atom stereocenters. The Morgan fingerprint density at radius 3 is 2.03 bits per heavy atom. The molecule has 0 aliphatic heterocycles. The third-order valence-corrected chi connectivity index (χ3v) is 4.43. The summed E-state index contributed by atoms with van der Waals surface area (Å²) < 4.78 is 10.3. The van der Waals surface area contributed by atoms with Crippen LogP contribution in [0.2, 0.25) is 0 Å². The third kappa shape index (κ3) is 7.58. The Morgan fingerprint density at radius 1 is 0.900 bits per heavy atom. The number of carbonyl (C=O) groups excluding carboxylic acids is 3. The van der Waals surface area contributed by atoms with Gasteiger partial charge in [0.25, 0.3) is 5.91 Å². The smallest absolute Gasteiger partial charge is 0.408 e. The SMILES string of the molecule is CC(C)[C@H](NC(=O)OCc1ccccc1)C(=O)OCC(=O)N(C)Cc1ccccc1. The highest BCUT2D eigenvalue weighted by molar-refractivity contribution is 5.84. The van der Waals surface area contributed by atoms with Crippen molar-refractivity contribution in [2.75, 3.05) is 13.7 Å². The van der Waals surface area contributed by atoms with E-state index >= 15 is 0 Å². The number of nitrogens with one attached hydrogen (secondary N) is 1. The number of rotatable bonds is 9. The third-order valence-electron chi connectivity index (χ3n) is 4.43. The molecule has 0 saturated carbocycles. The summed E-state index contributed by atoms with van der Waals surface area (Å²) in [4.78, 5) is 38.2. The first kappa shape index (κ1) is 22.9. The maximum atomic E-state index is 12.4. The molecule has 7 nitrogen and oxygen atoms in total. The van der Waals surface area contributed by atoms with Crippen LogP contribution in [0.25, 0.3) is 0 Å². The maximum Gasteiger partial charge on any atom is 0.408 e. The number of benzene rings is 2. The van der Waals surface area contributed by atoms with Crippen molar-refractivity contribution in [1.29, 1.82) is 0 Å². The lowest BCUT2D eigenvalue weighted by molar-refractivity contribution is -0.154. The van der Waals surface area contributed by atoms with Crippen LogP contribution in [-0.4, -0.2) is 42.6 Å². The Morgan fingerprint density at radius 2 is 1.47 bits per heavy atom. The number of ether oxygens (including phenoxy) is 2. The second-order valence-corrected chi connectivity index (χ2v) is 7.27. The van der Waals surface area contributed by atoms with Crippen molar-refractivity contribution in [2.45, 2.75) is 33.0 Å². The molecule has 160 valence electrons. The number of carbonyl (C=O) groups is 3. The summed E-state index contributed by atoms with van der Waals surface area (Å²) in [5, 5.41) is 2.52. The number of hydrogen-bond donors (Lipinski definition) is 1. The van der Waals surface area contributed by atoms with E-state index in [9.17, 15) is 14.4 Å². The normalized spacial score (nSPS) is 11.5. The second kappa shape index (κ2) is 11.6. The molecule has 0 radical (unpaired) electrons. The molecule has 0 saturated heterocycles. The fourth-order valence-corrected chi connectivity index (χ4v) is 2.67. The minimum Gasteiger partial charge on any atom is -0.454 e. The molecule has 2 amide bonds. The van der Waals surface area contributed by atoms with E-state index < -0.39 is 24.7 Å². The summed E-state index contributed by atoms with van der Waals surface area (Å²) in [6.45, 7) is 3.65. The molecular weight excluding hydrogens is 384 g/mol. The van der Waals surface area contributed by atoms with Gasteiger partial charge in [-0.05, 0) is 17.0 Å². The predicted octanol–water partition coefficient (Wildman–Crippen LogP) is 3.14. The summed E-state index contributed by atoms with van der Waals surface area (Å²) in [5.74, 6) is -1.25. The van der Waals surface area contributed by atoms with Gasteiger partial charge in [0.2, 0.25) is 0 Å². The molecule has 2 aromatic carbocycles. The molecule has 0 unspecified atom stereocenters. The van der Waals surface area contributed by atoms with Crippen molar-refractivity contribution in [1.82, 2.24) is 10.2 Å². The minimum atomic E-state index is -0.916. The summed E-state index contributed by atoms with van der Waals surface area (Å²) in [6.07, 6.45) is -0.720. The lowest BCUT2D eigenvalue weighted by Crippen LogP contribution is -2.46. The van der Waals surface area contributed by atoms with Crippen LogP contribution in [0.5, 0.6) is 0 Å². The van der Waals surface area contributed by atoms with Crippen molar-refractivity contribution in [3.05, 3.63) is 71.8 Å². The molecule has 0 aliphatic rings. The van der Waals surface area contributed by atoms with E-state index in [1.807, 2.05) is 60.7 Å². The van der Waals surface area contributed by atoms with Crippen LogP contribution in [0, 0.1) is 5.92 Å². The lowest BCUT2D eigenvalue weighted by atomic mass is 10.1. The van der Waals surface area contributed by atoms with Crippen molar-refractivity contribution in [3.8, 4) is 0 Å². The first-order chi connectivity index (χ1) is 14.4. The van der Waals surface area contributed by atoms with E-state index in [1.165, 1.54) is 4.90 Å². The molecule has 2 aromatic rings. The highest BCUT2D eigenvalue weighted by atomic mass is 16.6. The number of hydrogen-bond acceptors (Lipinski definition) is 5. The van der Waals surface area contributed by atoms with Crippen LogP contribution in [0.3, 0.4) is 0 Å². The maximum absolute atomic E-state index is 12.4. The molecule has 0 bridgehead atoms. The van der Waals surface area contributed by atoms with Gasteiger partial charge in [-0.15, -0.1) is 0 Å². The zero-order valence-corrected chi connectivity index (χ0v) is 17.5. The number of esters is 1. The van der Waals surface area contributed by atoms with Gasteiger partial charge in [0.05, 0.1) is 0 Å². The molecule has 30 heavy (non-hydrogen) atoms. The Labute approximate surface area is 177 Å². The van der Waals surface area contributed by atoms with Crippen LogP contribution in [0.15, 0.2) is 60.7 Å². The molecule has 2 rings (SSSR count). The summed E-state index contributed by atoms with van der Waals surface area (Å²) >= 11 is 0. The van der Waals surface area contributed by atoms with Gasteiger partial charge in [0.1, 0.15) is 12.6 Å². The fourth-order valence-electron chi connectivity index (χ4n) is 2.67. The van der Waals surface area contributed by atoms with E-state index in [0.29, 0.717) is 6.54 Å². The minimum absolute atomic E-state index is 0.0926. The first-order valence-electron chi connectivity index (χ1n) is 9.78. The standard InChI is InChI=1S/C23H28N2O5/c1-17(2)21(24-23(28)30-15-19-12-8-5-9-13-19)22(27)29-16-20(26)25(3)14-18-10-6-4-7-11-18/h4-13,17,21H,14-16H2,1-3H3,(H,24,28)/t21-/m0/s1. The number of amides is 2. The first-order valence-corrected chi connectivity index (χ1v) is 9.78. The highest BCUT2D eigenvalue weighted by Crippen LogP contribution is 2.07. The van der Waals surface area contributed by atoms with Crippen molar-refractivity contribution in [2.24, 2.45) is 5.92 Å². The quantitative estimate of drug-likeness (QED) is 0.640. The number of nitrogens with zero attached hydrogens (tertiary/aromatic N) is 1. The largest absolute Gasteiger partial charge is 0.454 e. The summed E-state index contributed by atoms with van der Waals surface area (Å²) in [5.41, 5.74) is 1.81. The van der Waals surface area contributed by atoms with Gasteiger partial charge < -0.3 is 19.7 Å². The topological polar surface area (TPSA) is 84.9 Å². The van der Waals surface area contributed by atoms with Crippen molar-refractivity contribution < 1.29 is 23.9 Å². The highest BCUT2D eigenvalue weighted by Gasteiger charge is 2.27. The van der Waals surface area contributed by atoms with Gasteiger partial charge in [0.15, 0.2) is 6.61 Å². The molecule has 0 heterocycles. The number of alkyl carbamates (subject to hydrolysis) is 1. The molecule has 0 spiro atoms. The lowest BCUT2D eigenvalue weighted by Gasteiger charge is -2.22. The average molecular weight is 412 g/mol. The Kier molecular flexibility index (Phi) is 8.87. The van der Waals surface area contributed by atoms with Crippen LogP contribution in [0.1, 0.15) is 25.0 Å². The van der Waals surface area contributed by atoms with Gasteiger partial charge in [-0.1, -0.05) is 74.5 Å². The average Bonchev–Trinajstić information content (AvgIpc) is 2.75. The van der Waals surface area contributed by atoms with Gasteiger partial charge in [-0.3, -0.25) is 4.79 Å². The zero-order valence-electron chi connectivity index (χ0n) is 17.5. The van der Waals surface area contributed by atoms with Crippen LogP contribution >= 0.6 is 0 Å². The van der Waals surface area contributed by atoms with Crippen LogP contribution < -0.4 is 5.32 Å². The monoisotopic (exact) mass is 412 g/mol.